The molecule has 0 unspecified atom stereocenters. The zero-order valence-corrected chi connectivity index (χ0v) is 7.07. The maximum Gasteiger partial charge on any atom is -0.00249 e. The Balaban J connectivity index is 2.99. The maximum absolute atomic E-state index is 3.86. The van der Waals surface area contributed by atoms with Gasteiger partial charge in [0, 0.05) is 0 Å². The van der Waals surface area contributed by atoms with Gasteiger partial charge in [0.15, 0.2) is 0 Å². The van der Waals surface area contributed by atoms with Crippen LogP contribution in [-0.2, 0) is 0 Å². The lowest BCUT2D eigenvalue weighted by Crippen LogP contribution is -1.77. The van der Waals surface area contributed by atoms with Gasteiger partial charge in [-0.05, 0) is 29.6 Å². The average molecular weight is 148 g/mol. The van der Waals surface area contributed by atoms with Crippen molar-refractivity contribution in [3.63, 3.8) is 0 Å². The van der Waals surface area contributed by atoms with Crippen LogP contribution in [0.4, 0.5) is 0 Å². The first-order valence-corrected chi connectivity index (χ1v) is 5.13. The molecule has 0 bridgehead atoms. The first-order chi connectivity index (χ1) is 3.81. The lowest BCUT2D eigenvalue weighted by Gasteiger charge is -1.96. The molecule has 0 rings (SSSR count). The van der Waals surface area contributed by atoms with Crippen LogP contribution in [0, 0.1) is 0 Å². The molecule has 0 radical (unpaired) electrons. The molecule has 0 amide bonds. The molecule has 0 nitrogen and oxygen atoms in total. The van der Waals surface area contributed by atoms with Crippen molar-refractivity contribution in [2.45, 2.75) is 6.42 Å². The van der Waals surface area contributed by atoms with Crippen molar-refractivity contribution in [2.24, 2.45) is 0 Å². The lowest BCUT2D eigenvalue weighted by molar-refractivity contribution is 1.23. The summed E-state index contributed by atoms with van der Waals surface area (Å²) in [6.07, 6.45) is 5.35. The first-order valence-electron chi connectivity index (χ1n) is 2.52. The van der Waals surface area contributed by atoms with Crippen LogP contribution >= 0.6 is 23.5 Å². The third kappa shape index (κ3) is 4.60. The summed E-state index contributed by atoms with van der Waals surface area (Å²) in [6, 6.07) is 0. The summed E-state index contributed by atoms with van der Waals surface area (Å²) in [4.78, 5) is 1.29. The van der Waals surface area contributed by atoms with E-state index >= 15 is 0 Å². The van der Waals surface area contributed by atoms with Crippen molar-refractivity contribution >= 4 is 23.5 Å². The van der Waals surface area contributed by atoms with E-state index in [1.54, 1.807) is 11.8 Å². The van der Waals surface area contributed by atoms with Gasteiger partial charge >= 0.3 is 0 Å². The van der Waals surface area contributed by atoms with E-state index in [2.05, 4.69) is 19.1 Å². The SMILES string of the molecule is C=C(CCSC)SC. The lowest BCUT2D eigenvalue weighted by atomic mass is 10.5. The molecular weight excluding hydrogens is 136 g/mol. The summed E-state index contributed by atoms with van der Waals surface area (Å²) in [6.45, 7) is 3.86. The van der Waals surface area contributed by atoms with E-state index in [-0.39, 0.29) is 0 Å². The third-order valence-corrected chi connectivity index (χ3v) is 2.27. The van der Waals surface area contributed by atoms with Crippen molar-refractivity contribution in [1.82, 2.24) is 0 Å². The molecule has 0 saturated carbocycles. The van der Waals surface area contributed by atoms with Crippen LogP contribution in [0.15, 0.2) is 11.5 Å². The molecule has 0 aliphatic rings. The summed E-state index contributed by atoms with van der Waals surface area (Å²) >= 11 is 3.63. The van der Waals surface area contributed by atoms with Gasteiger partial charge in [0.2, 0.25) is 0 Å². The van der Waals surface area contributed by atoms with Crippen LogP contribution in [0.2, 0.25) is 0 Å². The molecular formula is C6H12S2. The molecule has 0 aromatic carbocycles. The van der Waals surface area contributed by atoms with E-state index in [0.717, 1.165) is 6.42 Å². The second-order valence-electron chi connectivity index (χ2n) is 1.49. The number of allylic oxidation sites excluding steroid dienone is 1. The fraction of sp³-hybridized carbons (Fsp3) is 0.667. The van der Waals surface area contributed by atoms with Gasteiger partial charge in [0.1, 0.15) is 0 Å². The fourth-order valence-corrected chi connectivity index (χ4v) is 1.20. The van der Waals surface area contributed by atoms with E-state index in [4.69, 9.17) is 0 Å². The quantitative estimate of drug-likeness (QED) is 0.601. The number of hydrogen-bond acceptors (Lipinski definition) is 2. The van der Waals surface area contributed by atoms with Crippen molar-refractivity contribution in [1.29, 1.82) is 0 Å². The van der Waals surface area contributed by atoms with Gasteiger partial charge in [-0.25, -0.2) is 0 Å². The van der Waals surface area contributed by atoms with Crippen LogP contribution < -0.4 is 0 Å². The largest absolute Gasteiger partial charge is 0.165 e. The van der Waals surface area contributed by atoms with Crippen molar-refractivity contribution in [3.8, 4) is 0 Å². The molecule has 0 heterocycles. The molecule has 0 atom stereocenters. The Bertz CT molecular complexity index is 68.9. The summed E-state index contributed by atoms with van der Waals surface area (Å²) in [5, 5.41) is 0. The van der Waals surface area contributed by atoms with Gasteiger partial charge in [-0.2, -0.15) is 11.8 Å². The van der Waals surface area contributed by atoms with E-state index in [9.17, 15) is 0 Å². The topological polar surface area (TPSA) is 0 Å². The van der Waals surface area contributed by atoms with Crippen LogP contribution in [0.1, 0.15) is 6.42 Å². The highest BCUT2D eigenvalue weighted by Gasteiger charge is 1.87. The minimum atomic E-state index is 1.16. The smallest absolute Gasteiger partial charge is 0.00249 e. The van der Waals surface area contributed by atoms with E-state index in [1.807, 2.05) is 11.8 Å². The standard InChI is InChI=1S/C6H12S2/c1-6(8-3)4-5-7-2/h1,4-5H2,2-3H3. The third-order valence-electron chi connectivity index (χ3n) is 0.874. The fourth-order valence-electron chi connectivity index (χ4n) is 0.318. The van der Waals surface area contributed by atoms with Crippen molar-refractivity contribution < 1.29 is 0 Å². The summed E-state index contributed by atoms with van der Waals surface area (Å²) in [7, 11) is 0. The number of hydrogen-bond donors (Lipinski definition) is 0. The second kappa shape index (κ2) is 5.57. The zero-order valence-electron chi connectivity index (χ0n) is 5.44. The summed E-state index contributed by atoms with van der Waals surface area (Å²) in [5.74, 6) is 1.21. The normalized spacial score (nSPS) is 9.25. The molecule has 8 heavy (non-hydrogen) atoms. The Morgan fingerprint density at radius 1 is 1.50 bits per heavy atom. The highest BCUT2D eigenvalue weighted by atomic mass is 32.2. The van der Waals surface area contributed by atoms with Crippen LogP contribution in [0.5, 0.6) is 0 Å². The first kappa shape index (κ1) is 8.44. The zero-order chi connectivity index (χ0) is 6.41. The number of rotatable bonds is 4. The highest BCUT2D eigenvalue weighted by molar-refractivity contribution is 8.02. The van der Waals surface area contributed by atoms with Gasteiger partial charge in [-0.3, -0.25) is 0 Å². The van der Waals surface area contributed by atoms with Crippen LogP contribution in [0.25, 0.3) is 0 Å². The Kier molecular flexibility index (Phi) is 5.88. The molecule has 0 aliphatic heterocycles. The molecule has 0 N–H and O–H groups in total. The molecule has 0 aromatic heterocycles. The average Bonchev–Trinajstić information content (AvgIpc) is 1.83. The van der Waals surface area contributed by atoms with Gasteiger partial charge in [0.25, 0.3) is 0 Å². The molecule has 0 fully saturated rings. The van der Waals surface area contributed by atoms with Crippen molar-refractivity contribution in [3.05, 3.63) is 11.5 Å². The van der Waals surface area contributed by atoms with E-state index in [0.29, 0.717) is 0 Å². The monoisotopic (exact) mass is 148 g/mol. The van der Waals surface area contributed by atoms with Crippen LogP contribution in [-0.4, -0.2) is 18.3 Å². The number of thioether (sulfide) groups is 2. The Morgan fingerprint density at radius 2 is 2.12 bits per heavy atom. The Morgan fingerprint density at radius 3 is 2.50 bits per heavy atom. The summed E-state index contributed by atoms with van der Waals surface area (Å²) < 4.78 is 0. The maximum atomic E-state index is 3.86. The molecule has 0 saturated heterocycles. The molecule has 0 aliphatic carbocycles. The molecule has 2 heteroatoms. The predicted molar refractivity (Wildman–Crippen MR) is 45.7 cm³/mol. The van der Waals surface area contributed by atoms with E-state index < -0.39 is 0 Å². The predicted octanol–water partition coefficient (Wildman–Crippen LogP) is 2.62. The highest BCUT2D eigenvalue weighted by Crippen LogP contribution is 2.14. The molecule has 0 spiro atoms. The minimum Gasteiger partial charge on any atom is -0.165 e. The molecule has 48 valence electrons. The van der Waals surface area contributed by atoms with Crippen molar-refractivity contribution in [2.75, 3.05) is 18.3 Å². The summed E-state index contributed by atoms with van der Waals surface area (Å²) in [5.41, 5.74) is 0. The van der Waals surface area contributed by atoms with Gasteiger partial charge in [0.05, 0.1) is 0 Å². The van der Waals surface area contributed by atoms with E-state index in [1.165, 1.54) is 10.7 Å². The minimum absolute atomic E-state index is 1.16. The Labute approximate surface area is 60.1 Å². The molecule has 0 aromatic rings. The van der Waals surface area contributed by atoms with Crippen LogP contribution in [0.3, 0.4) is 0 Å². The van der Waals surface area contributed by atoms with Gasteiger partial charge < -0.3 is 0 Å². The second-order valence-corrected chi connectivity index (χ2v) is 3.46. The van der Waals surface area contributed by atoms with Gasteiger partial charge in [-0.1, -0.05) is 6.58 Å². The Hall–Kier alpha value is 0.440. The van der Waals surface area contributed by atoms with Gasteiger partial charge in [-0.15, -0.1) is 11.8 Å².